The number of carbonyl (C=O) groups excluding carboxylic acids is 1. The predicted molar refractivity (Wildman–Crippen MR) is 65.0 cm³/mol. The van der Waals surface area contributed by atoms with Crippen LogP contribution in [0.3, 0.4) is 0 Å². The van der Waals surface area contributed by atoms with E-state index >= 15 is 0 Å². The molecule has 0 spiro atoms. The van der Waals surface area contributed by atoms with Crippen LogP contribution in [0.2, 0.25) is 0 Å². The van der Waals surface area contributed by atoms with Crippen molar-refractivity contribution in [1.82, 2.24) is 4.31 Å². The Labute approximate surface area is 100 Å². The Bertz CT molecular complexity index is 511. The number of para-hydroxylation sites is 1. The zero-order valence-corrected chi connectivity index (χ0v) is 10.5. The lowest BCUT2D eigenvalue weighted by Gasteiger charge is -2.15. The van der Waals surface area contributed by atoms with Gasteiger partial charge in [-0.15, -0.1) is 0 Å². The van der Waals surface area contributed by atoms with E-state index in [4.69, 9.17) is 5.73 Å². The summed E-state index contributed by atoms with van der Waals surface area (Å²) in [7, 11) is -0.647. The number of carbonyl (C=O) groups is 1. The Kier molecular flexibility index (Phi) is 4.08. The molecule has 0 aliphatic heterocycles. The van der Waals surface area contributed by atoms with Crippen LogP contribution in [0.25, 0.3) is 0 Å². The fourth-order valence-corrected chi connectivity index (χ4v) is 2.28. The van der Waals surface area contributed by atoms with Gasteiger partial charge >= 0.3 is 0 Å². The van der Waals surface area contributed by atoms with Crippen LogP contribution in [0.4, 0.5) is 5.69 Å². The van der Waals surface area contributed by atoms with Crippen molar-refractivity contribution in [3.05, 3.63) is 24.3 Å². The third-order valence-electron chi connectivity index (χ3n) is 2.10. The van der Waals surface area contributed by atoms with Gasteiger partial charge in [0.1, 0.15) is 4.90 Å². The van der Waals surface area contributed by atoms with E-state index in [2.05, 4.69) is 5.32 Å². The summed E-state index contributed by atoms with van der Waals surface area (Å²) in [5, 5.41) is 2.69. The number of nitrogens with two attached hydrogens (primary N) is 1. The van der Waals surface area contributed by atoms with E-state index < -0.39 is 15.9 Å². The monoisotopic (exact) mass is 257 g/mol. The maximum absolute atomic E-state index is 12.0. The van der Waals surface area contributed by atoms with Crippen molar-refractivity contribution in [2.24, 2.45) is 5.73 Å². The van der Waals surface area contributed by atoms with E-state index in [0.717, 1.165) is 4.31 Å². The first-order valence-corrected chi connectivity index (χ1v) is 6.33. The van der Waals surface area contributed by atoms with Crippen molar-refractivity contribution in [3.63, 3.8) is 0 Å². The zero-order chi connectivity index (χ0) is 13.1. The van der Waals surface area contributed by atoms with Crippen LogP contribution in [0.5, 0.6) is 0 Å². The first-order valence-electron chi connectivity index (χ1n) is 4.89. The van der Waals surface area contributed by atoms with E-state index in [1.807, 2.05) is 0 Å². The highest BCUT2D eigenvalue weighted by Gasteiger charge is 2.20. The van der Waals surface area contributed by atoms with Crippen LogP contribution >= 0.6 is 0 Å². The minimum Gasteiger partial charge on any atom is -0.375 e. The Hall–Kier alpha value is -1.60. The Morgan fingerprint density at radius 1 is 1.35 bits per heavy atom. The fraction of sp³-hybridized carbons (Fsp3) is 0.300. The van der Waals surface area contributed by atoms with Gasteiger partial charge in [0.2, 0.25) is 15.9 Å². The number of primary amides is 1. The molecule has 1 rings (SSSR count). The first-order chi connectivity index (χ1) is 7.85. The average Bonchev–Trinajstić information content (AvgIpc) is 2.26. The molecule has 1 amide bonds. The van der Waals surface area contributed by atoms with Gasteiger partial charge in [-0.05, 0) is 12.1 Å². The topological polar surface area (TPSA) is 92.5 Å². The molecule has 7 heteroatoms. The smallest absolute Gasteiger partial charge is 0.244 e. The molecular weight excluding hydrogens is 242 g/mol. The molecule has 0 aliphatic rings. The number of rotatable bonds is 5. The Balaban J connectivity index is 3.12. The quantitative estimate of drug-likeness (QED) is 0.766. The summed E-state index contributed by atoms with van der Waals surface area (Å²) in [6, 6.07) is 6.35. The van der Waals surface area contributed by atoms with Gasteiger partial charge in [-0.1, -0.05) is 12.1 Å². The lowest BCUT2D eigenvalue weighted by Crippen LogP contribution is -2.26. The van der Waals surface area contributed by atoms with Gasteiger partial charge < -0.3 is 11.1 Å². The summed E-state index contributed by atoms with van der Waals surface area (Å²) in [6.45, 7) is -0.111. The number of benzene rings is 1. The first kappa shape index (κ1) is 13.5. The number of nitrogens with one attached hydrogen (secondary N) is 1. The molecule has 0 saturated heterocycles. The molecule has 0 fully saturated rings. The summed E-state index contributed by atoms with van der Waals surface area (Å²) in [6.07, 6.45) is 0. The fourth-order valence-electron chi connectivity index (χ4n) is 1.22. The summed E-state index contributed by atoms with van der Waals surface area (Å²) in [4.78, 5) is 10.8. The van der Waals surface area contributed by atoms with Crippen LogP contribution in [-0.2, 0) is 14.8 Å². The van der Waals surface area contributed by atoms with E-state index in [1.54, 1.807) is 18.2 Å². The highest BCUT2D eigenvalue weighted by molar-refractivity contribution is 7.89. The van der Waals surface area contributed by atoms with Crippen molar-refractivity contribution in [1.29, 1.82) is 0 Å². The molecular formula is C10H15N3O3S. The van der Waals surface area contributed by atoms with Crippen molar-refractivity contribution < 1.29 is 13.2 Å². The molecule has 0 radical (unpaired) electrons. The van der Waals surface area contributed by atoms with Crippen LogP contribution in [0.15, 0.2) is 29.2 Å². The second-order valence-electron chi connectivity index (χ2n) is 3.60. The molecule has 0 aromatic heterocycles. The molecule has 6 nitrogen and oxygen atoms in total. The largest absolute Gasteiger partial charge is 0.375 e. The van der Waals surface area contributed by atoms with Crippen LogP contribution in [-0.4, -0.2) is 39.3 Å². The Morgan fingerprint density at radius 2 is 1.94 bits per heavy atom. The molecule has 94 valence electrons. The van der Waals surface area contributed by atoms with Crippen LogP contribution in [0.1, 0.15) is 0 Å². The van der Waals surface area contributed by atoms with E-state index in [-0.39, 0.29) is 11.4 Å². The van der Waals surface area contributed by atoms with Gasteiger partial charge in [-0.25, -0.2) is 12.7 Å². The number of hydrogen-bond donors (Lipinski definition) is 2. The highest BCUT2D eigenvalue weighted by atomic mass is 32.2. The van der Waals surface area contributed by atoms with Crippen LogP contribution in [0, 0.1) is 0 Å². The number of sulfonamides is 1. The molecule has 0 bridgehead atoms. The second-order valence-corrected chi connectivity index (χ2v) is 5.72. The summed E-state index contributed by atoms with van der Waals surface area (Å²) in [5.74, 6) is -0.554. The summed E-state index contributed by atoms with van der Waals surface area (Å²) in [5.41, 5.74) is 5.36. The third-order valence-corrected chi connectivity index (χ3v) is 3.97. The minimum atomic E-state index is -3.54. The average molecular weight is 257 g/mol. The van der Waals surface area contributed by atoms with Crippen LogP contribution < -0.4 is 11.1 Å². The number of hydrogen-bond acceptors (Lipinski definition) is 4. The molecule has 0 aliphatic carbocycles. The van der Waals surface area contributed by atoms with Gasteiger partial charge in [0.05, 0.1) is 12.2 Å². The SMILES string of the molecule is CN(C)S(=O)(=O)c1ccccc1NCC(N)=O. The molecule has 0 heterocycles. The standard InChI is InChI=1S/C10H15N3O3S/c1-13(2)17(15,16)9-6-4-3-5-8(9)12-7-10(11)14/h3-6,12H,7H2,1-2H3,(H2,11,14). The van der Waals surface area contributed by atoms with Gasteiger partial charge in [0.15, 0.2) is 0 Å². The van der Waals surface area contributed by atoms with Gasteiger partial charge in [-0.3, -0.25) is 4.79 Å². The predicted octanol–water partition coefficient (Wildman–Crippen LogP) is -0.166. The number of anilines is 1. The van der Waals surface area contributed by atoms with Crippen molar-refractivity contribution in [2.75, 3.05) is 26.0 Å². The summed E-state index contributed by atoms with van der Waals surface area (Å²) < 4.78 is 25.0. The number of nitrogens with zero attached hydrogens (tertiary/aromatic N) is 1. The zero-order valence-electron chi connectivity index (χ0n) is 9.67. The molecule has 1 aromatic carbocycles. The van der Waals surface area contributed by atoms with Crippen molar-refractivity contribution in [3.8, 4) is 0 Å². The number of amides is 1. The van der Waals surface area contributed by atoms with Crippen molar-refractivity contribution >= 4 is 21.6 Å². The van der Waals surface area contributed by atoms with Gasteiger partial charge in [0, 0.05) is 14.1 Å². The Morgan fingerprint density at radius 3 is 2.47 bits per heavy atom. The van der Waals surface area contributed by atoms with E-state index in [9.17, 15) is 13.2 Å². The van der Waals surface area contributed by atoms with Crippen molar-refractivity contribution in [2.45, 2.75) is 4.90 Å². The van der Waals surface area contributed by atoms with E-state index in [0.29, 0.717) is 5.69 Å². The molecule has 3 N–H and O–H groups in total. The molecule has 0 unspecified atom stereocenters. The molecule has 17 heavy (non-hydrogen) atoms. The molecule has 0 saturated carbocycles. The molecule has 0 atom stereocenters. The van der Waals surface area contributed by atoms with Gasteiger partial charge in [0.25, 0.3) is 0 Å². The second kappa shape index (κ2) is 5.15. The minimum absolute atomic E-state index is 0.111. The maximum Gasteiger partial charge on any atom is 0.244 e. The lowest BCUT2D eigenvalue weighted by atomic mass is 10.3. The maximum atomic E-state index is 12.0. The molecule has 1 aromatic rings. The normalized spacial score (nSPS) is 11.5. The lowest BCUT2D eigenvalue weighted by molar-refractivity contribution is -0.116. The highest BCUT2D eigenvalue weighted by Crippen LogP contribution is 2.22. The summed E-state index contributed by atoms with van der Waals surface area (Å²) >= 11 is 0. The third kappa shape index (κ3) is 3.18. The van der Waals surface area contributed by atoms with E-state index in [1.165, 1.54) is 20.2 Å². The van der Waals surface area contributed by atoms with Gasteiger partial charge in [-0.2, -0.15) is 0 Å².